The lowest BCUT2D eigenvalue weighted by Crippen LogP contribution is -2.17. The summed E-state index contributed by atoms with van der Waals surface area (Å²) in [4.78, 5) is 10.8. The van der Waals surface area contributed by atoms with Crippen LogP contribution >= 0.6 is 0 Å². The van der Waals surface area contributed by atoms with Crippen molar-refractivity contribution in [2.24, 2.45) is 5.92 Å². The molecule has 0 saturated heterocycles. The zero-order valence-electron chi connectivity index (χ0n) is 6.41. The summed E-state index contributed by atoms with van der Waals surface area (Å²) in [6, 6.07) is 1.75. The maximum absolute atomic E-state index is 10.8. The van der Waals surface area contributed by atoms with E-state index in [1.807, 2.05) is 0 Å². The van der Waals surface area contributed by atoms with Gasteiger partial charge in [-0.2, -0.15) is 5.26 Å². The highest BCUT2D eigenvalue weighted by Gasteiger charge is 2.17. The second-order valence-corrected chi connectivity index (χ2v) is 1.95. The largest absolute Gasteiger partial charge is 0.465 e. The van der Waals surface area contributed by atoms with Gasteiger partial charge in [0.15, 0.2) is 0 Å². The minimum atomic E-state index is -0.819. The molecule has 0 saturated carbocycles. The average Bonchev–Trinajstić information content (AvgIpc) is 2.00. The summed E-state index contributed by atoms with van der Waals surface area (Å²) < 4.78 is 4.57. The van der Waals surface area contributed by atoms with Crippen LogP contribution in [0.15, 0.2) is 0 Å². The number of nitrogens with zero attached hydrogens (tertiary/aromatic N) is 1. The summed E-state index contributed by atoms with van der Waals surface area (Å²) >= 11 is 0. The molecule has 0 aromatic carbocycles. The first-order valence-electron chi connectivity index (χ1n) is 3.43. The summed E-state index contributed by atoms with van der Waals surface area (Å²) in [6.45, 7) is 1.77. The van der Waals surface area contributed by atoms with Crippen molar-refractivity contribution < 1.29 is 14.6 Å². The van der Waals surface area contributed by atoms with Crippen LogP contribution in [-0.2, 0) is 9.53 Å². The van der Waals surface area contributed by atoms with Crippen LogP contribution in [0.1, 0.15) is 13.3 Å². The van der Waals surface area contributed by atoms with Gasteiger partial charge < -0.3 is 9.84 Å². The standard InChI is InChI=1S/C7H11NO3/c1-2-11-7(10)6(5-8)3-4-9/h6,9H,2-4H2,1H3. The fourth-order valence-electron chi connectivity index (χ4n) is 0.607. The van der Waals surface area contributed by atoms with Gasteiger partial charge in [0.2, 0.25) is 0 Å². The molecule has 1 atom stereocenters. The molecule has 1 unspecified atom stereocenters. The van der Waals surface area contributed by atoms with E-state index in [4.69, 9.17) is 10.4 Å². The molecule has 0 bridgehead atoms. The highest BCUT2D eigenvalue weighted by Crippen LogP contribution is 2.02. The van der Waals surface area contributed by atoms with Gasteiger partial charge in [0.25, 0.3) is 0 Å². The van der Waals surface area contributed by atoms with Crippen molar-refractivity contribution in [3.8, 4) is 6.07 Å². The third kappa shape index (κ3) is 3.58. The van der Waals surface area contributed by atoms with Crippen molar-refractivity contribution in [3.63, 3.8) is 0 Å². The third-order valence-corrected chi connectivity index (χ3v) is 1.14. The molecule has 0 fully saturated rings. The summed E-state index contributed by atoms with van der Waals surface area (Å²) in [7, 11) is 0. The predicted molar refractivity (Wildman–Crippen MR) is 37.4 cm³/mol. The van der Waals surface area contributed by atoms with Crippen molar-refractivity contribution >= 4 is 5.97 Å². The van der Waals surface area contributed by atoms with Gasteiger partial charge in [0.1, 0.15) is 5.92 Å². The Morgan fingerprint density at radius 2 is 2.45 bits per heavy atom. The van der Waals surface area contributed by atoms with Crippen LogP contribution in [0.4, 0.5) is 0 Å². The maximum Gasteiger partial charge on any atom is 0.323 e. The lowest BCUT2D eigenvalue weighted by Gasteiger charge is -2.04. The predicted octanol–water partition coefficient (Wildman–Crippen LogP) is 0.0717. The van der Waals surface area contributed by atoms with Gasteiger partial charge in [0, 0.05) is 6.61 Å². The first-order valence-corrected chi connectivity index (χ1v) is 3.43. The molecule has 4 heteroatoms. The molecule has 11 heavy (non-hydrogen) atoms. The van der Waals surface area contributed by atoms with Crippen LogP contribution in [0.5, 0.6) is 0 Å². The van der Waals surface area contributed by atoms with E-state index < -0.39 is 11.9 Å². The Balaban J connectivity index is 3.84. The van der Waals surface area contributed by atoms with Gasteiger partial charge in [0.05, 0.1) is 12.7 Å². The Bertz CT molecular complexity index is 162. The normalized spacial score (nSPS) is 11.7. The number of aliphatic hydroxyl groups is 1. The van der Waals surface area contributed by atoms with Crippen LogP contribution in [-0.4, -0.2) is 24.3 Å². The number of nitriles is 1. The van der Waals surface area contributed by atoms with Gasteiger partial charge in [-0.25, -0.2) is 0 Å². The lowest BCUT2D eigenvalue weighted by atomic mass is 10.1. The van der Waals surface area contributed by atoms with Gasteiger partial charge >= 0.3 is 5.97 Å². The maximum atomic E-state index is 10.8. The molecule has 0 aromatic heterocycles. The molecule has 0 amide bonds. The molecular formula is C7H11NO3. The van der Waals surface area contributed by atoms with E-state index in [2.05, 4.69) is 4.74 Å². The van der Waals surface area contributed by atoms with E-state index in [9.17, 15) is 4.79 Å². The van der Waals surface area contributed by atoms with E-state index in [1.54, 1.807) is 13.0 Å². The molecule has 0 aliphatic heterocycles. The molecule has 0 heterocycles. The Labute approximate surface area is 65.4 Å². The molecule has 0 rings (SSSR count). The van der Waals surface area contributed by atoms with E-state index in [1.165, 1.54) is 0 Å². The molecule has 1 N–H and O–H groups in total. The summed E-state index contributed by atoms with van der Waals surface area (Å²) in [5.74, 6) is -1.37. The van der Waals surface area contributed by atoms with Gasteiger partial charge in [-0.1, -0.05) is 0 Å². The number of ether oxygens (including phenoxy) is 1. The third-order valence-electron chi connectivity index (χ3n) is 1.14. The monoisotopic (exact) mass is 157 g/mol. The Kier molecular flexibility index (Phi) is 5.13. The summed E-state index contributed by atoms with van der Waals surface area (Å²) in [5.41, 5.74) is 0. The highest BCUT2D eigenvalue weighted by molar-refractivity contribution is 5.75. The first-order chi connectivity index (χ1) is 5.26. The van der Waals surface area contributed by atoms with Crippen molar-refractivity contribution in [2.75, 3.05) is 13.2 Å². The molecule has 0 aliphatic rings. The van der Waals surface area contributed by atoms with Gasteiger partial charge in [-0.15, -0.1) is 0 Å². The number of carbonyl (C=O) groups is 1. The Morgan fingerprint density at radius 3 is 2.82 bits per heavy atom. The summed E-state index contributed by atoms with van der Waals surface area (Å²) in [6.07, 6.45) is 0.148. The van der Waals surface area contributed by atoms with Crippen molar-refractivity contribution in [1.29, 1.82) is 5.26 Å². The second kappa shape index (κ2) is 5.69. The number of aliphatic hydroxyl groups excluding tert-OH is 1. The number of rotatable bonds is 4. The smallest absolute Gasteiger partial charge is 0.323 e. The topological polar surface area (TPSA) is 70.3 Å². The lowest BCUT2D eigenvalue weighted by molar-refractivity contribution is -0.146. The van der Waals surface area contributed by atoms with Crippen LogP contribution in [0.25, 0.3) is 0 Å². The number of hydrogen-bond acceptors (Lipinski definition) is 4. The molecule has 0 radical (unpaired) electrons. The molecule has 0 spiro atoms. The van der Waals surface area contributed by atoms with E-state index in [-0.39, 0.29) is 19.6 Å². The fraction of sp³-hybridized carbons (Fsp3) is 0.714. The number of hydrogen-bond donors (Lipinski definition) is 1. The first kappa shape index (κ1) is 9.92. The zero-order valence-corrected chi connectivity index (χ0v) is 6.41. The van der Waals surface area contributed by atoms with Gasteiger partial charge in [-0.3, -0.25) is 4.79 Å². The second-order valence-electron chi connectivity index (χ2n) is 1.95. The van der Waals surface area contributed by atoms with Crippen molar-refractivity contribution in [2.45, 2.75) is 13.3 Å². The van der Waals surface area contributed by atoms with E-state index in [0.717, 1.165) is 0 Å². The van der Waals surface area contributed by atoms with Crippen LogP contribution < -0.4 is 0 Å². The SMILES string of the molecule is CCOC(=O)C(C#N)CCO. The van der Waals surface area contributed by atoms with E-state index in [0.29, 0.717) is 0 Å². The van der Waals surface area contributed by atoms with Crippen LogP contribution in [0.2, 0.25) is 0 Å². The number of carbonyl (C=O) groups excluding carboxylic acids is 1. The number of esters is 1. The quantitative estimate of drug-likeness (QED) is 0.586. The minimum Gasteiger partial charge on any atom is -0.465 e. The minimum absolute atomic E-state index is 0.148. The van der Waals surface area contributed by atoms with Crippen LogP contribution in [0.3, 0.4) is 0 Å². The van der Waals surface area contributed by atoms with Crippen molar-refractivity contribution in [1.82, 2.24) is 0 Å². The van der Waals surface area contributed by atoms with Crippen LogP contribution in [0, 0.1) is 17.2 Å². The van der Waals surface area contributed by atoms with Crippen molar-refractivity contribution in [3.05, 3.63) is 0 Å². The molecule has 0 aromatic rings. The van der Waals surface area contributed by atoms with E-state index >= 15 is 0 Å². The molecule has 0 aliphatic carbocycles. The Hall–Kier alpha value is -1.08. The molecule has 4 nitrogen and oxygen atoms in total. The molecular weight excluding hydrogens is 146 g/mol. The Morgan fingerprint density at radius 1 is 1.82 bits per heavy atom. The molecule has 62 valence electrons. The summed E-state index contributed by atoms with van der Waals surface area (Å²) in [5, 5.41) is 16.8. The highest BCUT2D eigenvalue weighted by atomic mass is 16.5. The van der Waals surface area contributed by atoms with Gasteiger partial charge in [-0.05, 0) is 13.3 Å². The average molecular weight is 157 g/mol. The fourth-order valence-corrected chi connectivity index (χ4v) is 0.607. The zero-order chi connectivity index (χ0) is 8.69.